The van der Waals surface area contributed by atoms with Crippen molar-refractivity contribution >= 4 is 46.4 Å². The Morgan fingerprint density at radius 1 is 1.22 bits per heavy atom. The second-order valence-corrected chi connectivity index (χ2v) is 8.31. The molecule has 2 aromatic heterocycles. The molecule has 0 fully saturated rings. The maximum Gasteiger partial charge on any atom is 0.216 e. The topological polar surface area (TPSA) is 64.0 Å². The highest BCUT2D eigenvalue weighted by Gasteiger charge is 2.13. The summed E-state index contributed by atoms with van der Waals surface area (Å²) in [6, 6.07) is 11.3. The molecule has 8 heteroatoms. The van der Waals surface area contributed by atoms with Gasteiger partial charge in [0.25, 0.3) is 0 Å². The van der Waals surface area contributed by atoms with Crippen LogP contribution in [-0.4, -0.2) is 33.5 Å². The number of amides is 1. The van der Waals surface area contributed by atoms with E-state index in [4.69, 9.17) is 11.6 Å². The van der Waals surface area contributed by atoms with E-state index in [-0.39, 0.29) is 11.7 Å². The lowest BCUT2D eigenvalue weighted by Gasteiger charge is -2.07. The molecule has 0 aliphatic heterocycles. The number of Topliss-reactive ketones (excluding diaryl/α,β-unsaturated/α-hetero) is 1. The number of aromatic nitrogens is 2. The van der Waals surface area contributed by atoms with Gasteiger partial charge in [-0.25, -0.2) is 4.98 Å². The molecule has 27 heavy (non-hydrogen) atoms. The van der Waals surface area contributed by atoms with Crippen LogP contribution in [0.2, 0.25) is 5.02 Å². The highest BCUT2D eigenvalue weighted by Crippen LogP contribution is 2.24. The summed E-state index contributed by atoms with van der Waals surface area (Å²) in [6.45, 7) is 2.07. The van der Waals surface area contributed by atoms with Crippen LogP contribution in [-0.2, 0) is 11.2 Å². The molecule has 0 saturated heterocycles. The Bertz CT molecular complexity index is 935. The lowest BCUT2D eigenvalue weighted by molar-refractivity contribution is -0.118. The van der Waals surface area contributed by atoms with Crippen LogP contribution in [0.3, 0.4) is 0 Å². The smallest absolute Gasteiger partial charge is 0.216 e. The average Bonchev–Trinajstić information content (AvgIpc) is 3.29. The Balaban J connectivity index is 1.59. The number of carbonyl (C=O) groups is 2. The summed E-state index contributed by atoms with van der Waals surface area (Å²) < 4.78 is 1.93. The molecule has 3 rings (SSSR count). The number of hydrogen-bond acceptors (Lipinski definition) is 5. The highest BCUT2D eigenvalue weighted by molar-refractivity contribution is 7.99. The molecule has 1 amide bonds. The van der Waals surface area contributed by atoms with E-state index < -0.39 is 0 Å². The first-order chi connectivity index (χ1) is 13.0. The van der Waals surface area contributed by atoms with Crippen molar-refractivity contribution in [3.8, 4) is 5.69 Å². The molecule has 0 bridgehead atoms. The van der Waals surface area contributed by atoms with Crippen LogP contribution in [0.4, 0.5) is 0 Å². The number of halogens is 1. The normalized spacial score (nSPS) is 10.7. The Labute approximate surface area is 170 Å². The predicted octanol–water partition coefficient (Wildman–Crippen LogP) is 4.24. The van der Waals surface area contributed by atoms with Gasteiger partial charge in [-0.3, -0.25) is 14.2 Å². The lowest BCUT2D eigenvalue weighted by atomic mass is 10.3. The van der Waals surface area contributed by atoms with E-state index in [1.165, 1.54) is 30.0 Å². The van der Waals surface area contributed by atoms with Crippen LogP contribution in [0.15, 0.2) is 53.9 Å². The van der Waals surface area contributed by atoms with E-state index >= 15 is 0 Å². The molecule has 0 spiro atoms. The van der Waals surface area contributed by atoms with E-state index in [9.17, 15) is 9.59 Å². The van der Waals surface area contributed by atoms with Gasteiger partial charge in [-0.05, 0) is 42.8 Å². The van der Waals surface area contributed by atoms with E-state index in [0.29, 0.717) is 17.3 Å². The Kier molecular flexibility index (Phi) is 6.71. The number of hydrogen-bond donors (Lipinski definition) is 1. The van der Waals surface area contributed by atoms with Gasteiger partial charge in [-0.1, -0.05) is 23.4 Å². The number of thiophene rings is 1. The van der Waals surface area contributed by atoms with Crippen molar-refractivity contribution in [1.29, 1.82) is 0 Å². The molecule has 1 N–H and O–H groups in total. The quantitative estimate of drug-likeness (QED) is 0.438. The van der Waals surface area contributed by atoms with Gasteiger partial charge in [0, 0.05) is 41.4 Å². The third-order valence-corrected chi connectivity index (χ3v) is 6.13. The zero-order valence-electron chi connectivity index (χ0n) is 14.6. The van der Waals surface area contributed by atoms with Crippen molar-refractivity contribution in [3.05, 3.63) is 63.6 Å². The number of carbonyl (C=O) groups excluding carboxylic acids is 2. The largest absolute Gasteiger partial charge is 0.356 e. The third kappa shape index (κ3) is 5.45. The second-order valence-electron chi connectivity index (χ2n) is 5.77. The van der Waals surface area contributed by atoms with E-state index in [1.807, 2.05) is 47.2 Å². The number of imidazole rings is 1. The molecule has 1 aromatic carbocycles. The minimum Gasteiger partial charge on any atom is -0.356 e. The summed E-state index contributed by atoms with van der Waals surface area (Å²) in [4.78, 5) is 29.6. The fraction of sp³-hybridized carbons (Fsp3) is 0.211. The summed E-state index contributed by atoms with van der Waals surface area (Å²) in [5.74, 6) is 0.341. The first-order valence-electron chi connectivity index (χ1n) is 8.31. The minimum atomic E-state index is -0.0459. The van der Waals surface area contributed by atoms with E-state index in [1.54, 1.807) is 6.20 Å². The molecule has 3 aromatic rings. The Morgan fingerprint density at radius 3 is 2.74 bits per heavy atom. The van der Waals surface area contributed by atoms with Gasteiger partial charge >= 0.3 is 0 Å². The second kappa shape index (κ2) is 9.21. The van der Waals surface area contributed by atoms with Crippen molar-refractivity contribution in [3.63, 3.8) is 0 Å². The summed E-state index contributed by atoms with van der Waals surface area (Å²) in [6.07, 6.45) is 4.31. The molecule has 2 heterocycles. The van der Waals surface area contributed by atoms with Crippen molar-refractivity contribution in [1.82, 2.24) is 14.9 Å². The van der Waals surface area contributed by atoms with Crippen LogP contribution in [0.1, 0.15) is 21.5 Å². The number of benzene rings is 1. The van der Waals surface area contributed by atoms with Gasteiger partial charge < -0.3 is 5.32 Å². The maximum absolute atomic E-state index is 12.5. The van der Waals surface area contributed by atoms with Gasteiger partial charge in [0.05, 0.1) is 10.6 Å². The van der Waals surface area contributed by atoms with Gasteiger partial charge in [0.15, 0.2) is 10.9 Å². The fourth-order valence-corrected chi connectivity index (χ4v) is 4.44. The number of rotatable bonds is 8. The molecule has 0 radical (unpaired) electrons. The monoisotopic (exact) mass is 419 g/mol. The van der Waals surface area contributed by atoms with Crippen LogP contribution in [0, 0.1) is 0 Å². The molecule has 5 nitrogen and oxygen atoms in total. The van der Waals surface area contributed by atoms with Gasteiger partial charge in [0.1, 0.15) is 0 Å². The molecule has 140 valence electrons. The van der Waals surface area contributed by atoms with E-state index in [0.717, 1.165) is 27.0 Å². The van der Waals surface area contributed by atoms with Crippen molar-refractivity contribution in [2.45, 2.75) is 18.5 Å². The van der Waals surface area contributed by atoms with Crippen molar-refractivity contribution < 1.29 is 9.59 Å². The van der Waals surface area contributed by atoms with Gasteiger partial charge in [-0.15, -0.1) is 11.3 Å². The summed E-state index contributed by atoms with van der Waals surface area (Å²) >= 11 is 8.82. The number of nitrogens with one attached hydrogen (secondary N) is 1. The molecular weight excluding hydrogens is 402 g/mol. The van der Waals surface area contributed by atoms with Crippen LogP contribution < -0.4 is 5.32 Å². The summed E-state index contributed by atoms with van der Waals surface area (Å²) in [7, 11) is 0. The molecule has 0 saturated carbocycles. The minimum absolute atomic E-state index is 0.0459. The summed E-state index contributed by atoms with van der Waals surface area (Å²) in [5, 5.41) is 4.19. The Hall–Kier alpha value is -2.09. The van der Waals surface area contributed by atoms with Crippen LogP contribution in [0.5, 0.6) is 0 Å². The molecule has 0 aliphatic rings. The SMILES string of the molecule is CC(=O)NCCc1ccc(C(=O)CSc2nccn2-c2ccc(Cl)cc2)s1. The number of thioether (sulfide) groups is 1. The fourth-order valence-electron chi connectivity index (χ4n) is 2.42. The summed E-state index contributed by atoms with van der Waals surface area (Å²) in [5.41, 5.74) is 0.947. The zero-order valence-corrected chi connectivity index (χ0v) is 17.0. The van der Waals surface area contributed by atoms with Crippen LogP contribution in [0.25, 0.3) is 5.69 Å². The molecular formula is C19H18ClN3O2S2. The van der Waals surface area contributed by atoms with Crippen molar-refractivity contribution in [2.75, 3.05) is 12.3 Å². The van der Waals surface area contributed by atoms with Gasteiger partial charge in [-0.2, -0.15) is 0 Å². The third-order valence-electron chi connectivity index (χ3n) is 3.73. The number of nitrogens with zero attached hydrogens (tertiary/aromatic N) is 2. The van der Waals surface area contributed by atoms with Gasteiger partial charge in [0.2, 0.25) is 5.91 Å². The lowest BCUT2D eigenvalue weighted by Crippen LogP contribution is -2.22. The Morgan fingerprint density at radius 2 is 2.00 bits per heavy atom. The maximum atomic E-state index is 12.5. The zero-order chi connectivity index (χ0) is 19.2. The van der Waals surface area contributed by atoms with E-state index in [2.05, 4.69) is 10.3 Å². The molecule has 0 unspecified atom stereocenters. The molecule has 0 aliphatic carbocycles. The van der Waals surface area contributed by atoms with Crippen molar-refractivity contribution in [2.24, 2.45) is 0 Å². The number of ketones is 1. The molecule has 0 atom stereocenters. The highest BCUT2D eigenvalue weighted by atomic mass is 35.5. The van der Waals surface area contributed by atoms with Crippen LogP contribution >= 0.6 is 34.7 Å². The predicted molar refractivity (Wildman–Crippen MR) is 110 cm³/mol. The average molecular weight is 420 g/mol. The first-order valence-corrected chi connectivity index (χ1v) is 10.5. The first kappa shape index (κ1) is 19.7. The standard InChI is InChI=1S/C19H18ClN3O2S2/c1-13(24)21-9-8-16-6-7-18(27-16)17(25)12-26-19-22-10-11-23(19)15-4-2-14(20)3-5-15/h2-7,10-11H,8-9,12H2,1H3,(H,21,24).